The number of nitrogens with one attached hydrogen (secondary N) is 2. The van der Waals surface area contributed by atoms with Crippen molar-refractivity contribution in [1.29, 1.82) is 0 Å². The fourth-order valence-electron chi connectivity index (χ4n) is 4.17. The van der Waals surface area contributed by atoms with Crippen LogP contribution in [0, 0.1) is 5.92 Å². The van der Waals surface area contributed by atoms with Crippen molar-refractivity contribution >= 4 is 18.0 Å². The Balaban J connectivity index is 1.34. The highest BCUT2D eigenvalue weighted by molar-refractivity contribution is 5.82. The molecule has 0 radical (unpaired) electrons. The second-order valence-corrected chi connectivity index (χ2v) is 7.66. The van der Waals surface area contributed by atoms with Crippen LogP contribution in [0.2, 0.25) is 0 Å². The van der Waals surface area contributed by atoms with Gasteiger partial charge in [-0.05, 0) is 22.3 Å². The van der Waals surface area contributed by atoms with Gasteiger partial charge < -0.3 is 25.2 Å². The Morgan fingerprint density at radius 1 is 1.00 bits per heavy atom. The summed E-state index contributed by atoms with van der Waals surface area (Å²) in [5.41, 5.74) is 4.54. The van der Waals surface area contributed by atoms with E-state index in [1.165, 1.54) is 0 Å². The molecule has 2 atom stereocenters. The van der Waals surface area contributed by atoms with Crippen LogP contribution in [0.1, 0.15) is 23.5 Å². The van der Waals surface area contributed by atoms with Gasteiger partial charge in [0.15, 0.2) is 0 Å². The lowest BCUT2D eigenvalue weighted by Crippen LogP contribution is -2.46. The van der Waals surface area contributed by atoms with Gasteiger partial charge in [-0.1, -0.05) is 48.5 Å². The van der Waals surface area contributed by atoms with Gasteiger partial charge in [0.05, 0.1) is 31.6 Å². The number of hydrogen-bond acceptors (Lipinski definition) is 5. The summed E-state index contributed by atoms with van der Waals surface area (Å²) in [6.07, 6.45) is -0.773. The lowest BCUT2D eigenvalue weighted by atomic mass is 9.98. The summed E-state index contributed by atoms with van der Waals surface area (Å²) >= 11 is 0. The van der Waals surface area contributed by atoms with Crippen LogP contribution in [0.25, 0.3) is 11.1 Å². The van der Waals surface area contributed by atoms with Crippen molar-refractivity contribution < 1.29 is 29.0 Å². The number of fused-ring (bicyclic) bond motifs is 3. The highest BCUT2D eigenvalue weighted by Crippen LogP contribution is 2.44. The summed E-state index contributed by atoms with van der Waals surface area (Å²) in [6, 6.07) is 15.6. The van der Waals surface area contributed by atoms with Crippen molar-refractivity contribution in [1.82, 2.24) is 10.6 Å². The Morgan fingerprint density at radius 2 is 1.65 bits per heavy atom. The van der Waals surface area contributed by atoms with Gasteiger partial charge in [-0.15, -0.1) is 0 Å². The molecule has 8 nitrogen and oxygen atoms in total. The number of amides is 2. The van der Waals surface area contributed by atoms with Gasteiger partial charge in [0.1, 0.15) is 6.61 Å². The van der Waals surface area contributed by atoms with E-state index < -0.39 is 24.0 Å². The van der Waals surface area contributed by atoms with E-state index in [-0.39, 0.29) is 44.6 Å². The number of carboxylic acids is 1. The van der Waals surface area contributed by atoms with Crippen LogP contribution in [0.5, 0.6) is 0 Å². The summed E-state index contributed by atoms with van der Waals surface area (Å²) in [5, 5.41) is 14.0. The fraction of sp³-hybridized carbons (Fsp3) is 0.348. The van der Waals surface area contributed by atoms with Gasteiger partial charge in [0, 0.05) is 12.5 Å². The quantitative estimate of drug-likeness (QED) is 0.628. The number of alkyl carbamates (subject to hydrolysis) is 1. The smallest absolute Gasteiger partial charge is 0.407 e. The highest BCUT2D eigenvalue weighted by Gasteiger charge is 2.36. The molecule has 2 aliphatic rings. The van der Waals surface area contributed by atoms with E-state index in [1.807, 2.05) is 36.4 Å². The normalized spacial score (nSPS) is 19.4. The summed E-state index contributed by atoms with van der Waals surface area (Å²) in [6.45, 7) is 0.569. The average molecular weight is 424 g/mol. The second kappa shape index (κ2) is 9.18. The first-order valence-electron chi connectivity index (χ1n) is 10.2. The van der Waals surface area contributed by atoms with Crippen LogP contribution in [-0.2, 0) is 19.1 Å². The van der Waals surface area contributed by atoms with Gasteiger partial charge in [-0.25, -0.2) is 4.79 Å². The highest BCUT2D eigenvalue weighted by atomic mass is 16.5. The van der Waals surface area contributed by atoms with E-state index in [0.29, 0.717) is 0 Å². The lowest BCUT2D eigenvalue weighted by Gasteiger charge is -2.20. The molecule has 4 rings (SSSR count). The summed E-state index contributed by atoms with van der Waals surface area (Å²) in [4.78, 5) is 35.3. The molecular formula is C23H24N2O6. The molecule has 162 valence electrons. The number of hydrogen-bond donors (Lipinski definition) is 3. The third-order valence-electron chi connectivity index (χ3n) is 5.70. The Morgan fingerprint density at radius 3 is 2.29 bits per heavy atom. The standard InChI is InChI=1S/C23H24N2O6/c26-21(27)9-10-24-22(28)19-11-30-13-20(19)25-23(29)31-12-18-16-7-3-1-5-14(16)15-6-2-4-8-17(15)18/h1-8,18-20H,9-13H2,(H,24,28)(H,25,29)(H,26,27). The number of rotatable bonds is 7. The van der Waals surface area contributed by atoms with Gasteiger partial charge in [0.2, 0.25) is 5.91 Å². The minimum Gasteiger partial charge on any atom is -0.481 e. The van der Waals surface area contributed by atoms with E-state index >= 15 is 0 Å². The van der Waals surface area contributed by atoms with E-state index in [9.17, 15) is 14.4 Å². The number of benzene rings is 2. The monoisotopic (exact) mass is 424 g/mol. The Labute approximate surface area is 179 Å². The van der Waals surface area contributed by atoms with Gasteiger partial charge >= 0.3 is 12.1 Å². The Hall–Kier alpha value is -3.39. The van der Waals surface area contributed by atoms with Crippen LogP contribution in [0.15, 0.2) is 48.5 Å². The number of ether oxygens (including phenoxy) is 2. The molecule has 1 fully saturated rings. The molecule has 2 aromatic carbocycles. The number of aliphatic carboxylic acids is 1. The summed E-state index contributed by atoms with van der Waals surface area (Å²) < 4.78 is 10.9. The van der Waals surface area contributed by atoms with Gasteiger partial charge in [-0.3, -0.25) is 9.59 Å². The number of carboxylic acid groups (broad SMARTS) is 1. The van der Waals surface area contributed by atoms with Gasteiger partial charge in [-0.2, -0.15) is 0 Å². The number of carbonyl (C=O) groups excluding carboxylic acids is 2. The Bertz CT molecular complexity index is 946. The summed E-state index contributed by atoms with van der Waals surface area (Å²) in [7, 11) is 0. The topological polar surface area (TPSA) is 114 Å². The second-order valence-electron chi connectivity index (χ2n) is 7.66. The van der Waals surface area contributed by atoms with Crippen molar-refractivity contribution in [2.45, 2.75) is 18.4 Å². The maximum absolute atomic E-state index is 12.5. The fourth-order valence-corrected chi connectivity index (χ4v) is 4.17. The average Bonchev–Trinajstić information content (AvgIpc) is 3.34. The van der Waals surface area contributed by atoms with Gasteiger partial charge in [0.25, 0.3) is 0 Å². The molecule has 0 saturated carbocycles. The molecule has 0 spiro atoms. The van der Waals surface area contributed by atoms with Crippen molar-refractivity contribution in [3.63, 3.8) is 0 Å². The van der Waals surface area contributed by atoms with E-state index in [4.69, 9.17) is 14.6 Å². The molecule has 0 aromatic heterocycles. The maximum Gasteiger partial charge on any atom is 0.407 e. The van der Waals surface area contributed by atoms with Crippen LogP contribution in [0.3, 0.4) is 0 Å². The zero-order valence-corrected chi connectivity index (χ0v) is 16.9. The van der Waals surface area contributed by atoms with Crippen molar-refractivity contribution in [2.24, 2.45) is 5.92 Å². The first-order valence-corrected chi connectivity index (χ1v) is 10.2. The van der Waals surface area contributed by atoms with Crippen molar-refractivity contribution in [3.05, 3.63) is 59.7 Å². The molecule has 1 heterocycles. The molecule has 2 amide bonds. The van der Waals surface area contributed by atoms with Crippen molar-refractivity contribution in [3.8, 4) is 11.1 Å². The molecule has 3 N–H and O–H groups in total. The molecule has 1 aliphatic heterocycles. The molecule has 2 aromatic rings. The predicted octanol–water partition coefficient (Wildman–Crippen LogP) is 2.13. The maximum atomic E-state index is 12.5. The van der Waals surface area contributed by atoms with Crippen LogP contribution in [0.4, 0.5) is 4.79 Å². The third-order valence-corrected chi connectivity index (χ3v) is 5.70. The SMILES string of the molecule is O=C(O)CCNC(=O)C1COCC1NC(=O)OCC1c2ccccc2-c2ccccc21. The molecule has 0 bridgehead atoms. The van der Waals surface area contributed by atoms with E-state index in [1.54, 1.807) is 0 Å². The molecule has 1 aliphatic carbocycles. The first-order chi connectivity index (χ1) is 15.0. The zero-order chi connectivity index (χ0) is 21.8. The largest absolute Gasteiger partial charge is 0.481 e. The van der Waals surface area contributed by atoms with Crippen LogP contribution in [-0.4, -0.2) is 55.5 Å². The third kappa shape index (κ3) is 4.54. The molecule has 31 heavy (non-hydrogen) atoms. The zero-order valence-electron chi connectivity index (χ0n) is 16.9. The van der Waals surface area contributed by atoms with Crippen LogP contribution < -0.4 is 10.6 Å². The van der Waals surface area contributed by atoms with Crippen LogP contribution >= 0.6 is 0 Å². The minimum atomic E-state index is -0.990. The minimum absolute atomic E-state index is 0.0301. The molecule has 8 heteroatoms. The summed E-state index contributed by atoms with van der Waals surface area (Å²) in [5.74, 6) is -1.97. The lowest BCUT2D eigenvalue weighted by molar-refractivity contribution is -0.137. The van der Waals surface area contributed by atoms with E-state index in [0.717, 1.165) is 22.3 Å². The van der Waals surface area contributed by atoms with Crippen molar-refractivity contribution in [2.75, 3.05) is 26.4 Å². The first kappa shape index (κ1) is 20.9. The van der Waals surface area contributed by atoms with E-state index in [2.05, 4.69) is 22.8 Å². The number of carbonyl (C=O) groups is 3. The predicted molar refractivity (Wildman–Crippen MR) is 112 cm³/mol. The molecule has 2 unspecified atom stereocenters. The molecular weight excluding hydrogens is 400 g/mol. The molecule has 1 saturated heterocycles. The Kier molecular flexibility index (Phi) is 6.18.